The van der Waals surface area contributed by atoms with Crippen molar-refractivity contribution in [1.82, 2.24) is 10.5 Å². The molecule has 0 spiro atoms. The Morgan fingerprint density at radius 3 is 2.62 bits per heavy atom. The summed E-state index contributed by atoms with van der Waals surface area (Å²) in [7, 11) is 0. The zero-order chi connectivity index (χ0) is 17.7. The minimum atomic E-state index is -0.384. The number of amides is 2. The molecule has 1 aromatic heterocycles. The van der Waals surface area contributed by atoms with Crippen molar-refractivity contribution in [2.45, 2.75) is 26.7 Å². The van der Waals surface area contributed by atoms with E-state index in [1.165, 1.54) is 0 Å². The van der Waals surface area contributed by atoms with E-state index in [1.54, 1.807) is 25.1 Å². The predicted molar refractivity (Wildman–Crippen MR) is 92.4 cm³/mol. The number of hydrogen-bond acceptors (Lipinski definition) is 4. The molecule has 0 fully saturated rings. The Bertz CT molecular complexity index is 740. The standard InChI is InChI=1S/C16H17Cl2N3O3/c1-9-12(10(2)24-21-9)4-6-15(22)19-8-16(23)20-14-7-11(17)3-5-13(14)18/h3,5,7H,4,6,8H2,1-2H3,(H,19,22)(H,20,23). The Balaban J connectivity index is 1.79. The number of anilines is 1. The second-order valence-electron chi connectivity index (χ2n) is 5.25. The second-order valence-corrected chi connectivity index (χ2v) is 6.10. The first-order valence-corrected chi connectivity index (χ1v) is 8.05. The average molecular weight is 370 g/mol. The van der Waals surface area contributed by atoms with Crippen molar-refractivity contribution in [3.8, 4) is 0 Å². The van der Waals surface area contributed by atoms with Gasteiger partial charge in [-0.3, -0.25) is 9.59 Å². The molecule has 1 aromatic carbocycles. The lowest BCUT2D eigenvalue weighted by Gasteiger charge is -2.09. The smallest absolute Gasteiger partial charge is 0.243 e. The maximum Gasteiger partial charge on any atom is 0.243 e. The monoisotopic (exact) mass is 369 g/mol. The molecular formula is C16H17Cl2N3O3. The van der Waals surface area contributed by atoms with Crippen molar-refractivity contribution in [1.29, 1.82) is 0 Å². The Labute approximate surface area is 149 Å². The summed E-state index contributed by atoms with van der Waals surface area (Å²) in [5, 5.41) is 9.83. The molecule has 0 saturated carbocycles. The van der Waals surface area contributed by atoms with E-state index in [0.717, 1.165) is 11.3 Å². The molecule has 24 heavy (non-hydrogen) atoms. The van der Waals surface area contributed by atoms with Crippen LogP contribution in [0.25, 0.3) is 0 Å². The van der Waals surface area contributed by atoms with Crippen molar-refractivity contribution in [3.05, 3.63) is 45.3 Å². The first-order chi connectivity index (χ1) is 11.4. The summed E-state index contributed by atoms with van der Waals surface area (Å²) in [6.07, 6.45) is 0.753. The van der Waals surface area contributed by atoms with Crippen LogP contribution in [-0.2, 0) is 16.0 Å². The van der Waals surface area contributed by atoms with Gasteiger partial charge in [-0.05, 0) is 38.5 Å². The molecule has 0 aliphatic rings. The van der Waals surface area contributed by atoms with Gasteiger partial charge in [0.2, 0.25) is 11.8 Å². The maximum atomic E-state index is 11.9. The van der Waals surface area contributed by atoms with Crippen LogP contribution in [-0.4, -0.2) is 23.5 Å². The first-order valence-electron chi connectivity index (χ1n) is 7.30. The molecule has 128 valence electrons. The zero-order valence-electron chi connectivity index (χ0n) is 13.3. The van der Waals surface area contributed by atoms with Crippen molar-refractivity contribution >= 4 is 40.7 Å². The average Bonchev–Trinajstić information content (AvgIpc) is 2.85. The number of halogens is 2. The molecule has 8 heteroatoms. The van der Waals surface area contributed by atoms with E-state index in [1.807, 2.05) is 6.92 Å². The van der Waals surface area contributed by atoms with Crippen molar-refractivity contribution in [2.75, 3.05) is 11.9 Å². The van der Waals surface area contributed by atoms with Crippen LogP contribution in [0.5, 0.6) is 0 Å². The van der Waals surface area contributed by atoms with Gasteiger partial charge in [-0.25, -0.2) is 0 Å². The SMILES string of the molecule is Cc1noc(C)c1CCC(=O)NCC(=O)Nc1cc(Cl)ccc1Cl. The van der Waals surface area contributed by atoms with Crippen LogP contribution in [0.4, 0.5) is 5.69 Å². The minimum Gasteiger partial charge on any atom is -0.361 e. The van der Waals surface area contributed by atoms with Crippen LogP contribution in [0.1, 0.15) is 23.4 Å². The largest absolute Gasteiger partial charge is 0.361 e. The highest BCUT2D eigenvalue weighted by Crippen LogP contribution is 2.25. The molecule has 0 aliphatic heterocycles. The molecule has 2 rings (SSSR count). The molecule has 2 N–H and O–H groups in total. The van der Waals surface area contributed by atoms with Gasteiger partial charge in [0.1, 0.15) is 5.76 Å². The molecule has 6 nitrogen and oxygen atoms in total. The first kappa shape index (κ1) is 18.3. The fourth-order valence-electron chi connectivity index (χ4n) is 2.15. The van der Waals surface area contributed by atoms with Gasteiger partial charge in [0.25, 0.3) is 0 Å². The molecule has 2 aromatic rings. The summed E-state index contributed by atoms with van der Waals surface area (Å²) < 4.78 is 5.04. The summed E-state index contributed by atoms with van der Waals surface area (Å²) in [5.74, 6) is 0.0841. The lowest BCUT2D eigenvalue weighted by Crippen LogP contribution is -2.33. The van der Waals surface area contributed by atoms with Gasteiger partial charge in [0.15, 0.2) is 0 Å². The van der Waals surface area contributed by atoms with Crippen LogP contribution in [0, 0.1) is 13.8 Å². The molecule has 0 unspecified atom stereocenters. The number of hydrogen-bond donors (Lipinski definition) is 2. The molecule has 0 atom stereocenters. The molecular weight excluding hydrogens is 353 g/mol. The van der Waals surface area contributed by atoms with E-state index in [4.69, 9.17) is 27.7 Å². The lowest BCUT2D eigenvalue weighted by molar-refractivity contribution is -0.124. The number of rotatable bonds is 6. The van der Waals surface area contributed by atoms with Crippen molar-refractivity contribution < 1.29 is 14.1 Å². The van der Waals surface area contributed by atoms with E-state index < -0.39 is 0 Å². The number of carbonyl (C=O) groups excluding carboxylic acids is 2. The zero-order valence-corrected chi connectivity index (χ0v) is 14.8. The Kier molecular flexibility index (Phi) is 6.23. The molecule has 0 saturated heterocycles. The van der Waals surface area contributed by atoms with E-state index >= 15 is 0 Å². The predicted octanol–water partition coefficient (Wildman–Crippen LogP) is 3.29. The second kappa shape index (κ2) is 8.17. The van der Waals surface area contributed by atoms with Gasteiger partial charge in [-0.15, -0.1) is 0 Å². The number of benzene rings is 1. The van der Waals surface area contributed by atoms with E-state index in [2.05, 4.69) is 15.8 Å². The van der Waals surface area contributed by atoms with E-state index in [-0.39, 0.29) is 24.8 Å². The van der Waals surface area contributed by atoms with Crippen LogP contribution in [0.15, 0.2) is 22.7 Å². The third kappa shape index (κ3) is 4.97. The number of nitrogens with one attached hydrogen (secondary N) is 2. The summed E-state index contributed by atoms with van der Waals surface area (Å²) >= 11 is 11.8. The Morgan fingerprint density at radius 2 is 1.96 bits per heavy atom. The quantitative estimate of drug-likeness (QED) is 0.817. The normalized spacial score (nSPS) is 10.5. The van der Waals surface area contributed by atoms with Gasteiger partial charge in [-0.1, -0.05) is 28.4 Å². The maximum absolute atomic E-state index is 11.9. The number of carbonyl (C=O) groups is 2. The summed E-state index contributed by atoms with van der Waals surface area (Å²) in [6, 6.07) is 4.75. The van der Waals surface area contributed by atoms with Crippen LogP contribution in [0.3, 0.4) is 0 Å². The fraction of sp³-hybridized carbons (Fsp3) is 0.312. The highest BCUT2D eigenvalue weighted by atomic mass is 35.5. The molecule has 0 aliphatic carbocycles. The highest BCUT2D eigenvalue weighted by Gasteiger charge is 2.12. The lowest BCUT2D eigenvalue weighted by atomic mass is 10.1. The molecule has 0 radical (unpaired) electrons. The van der Waals surface area contributed by atoms with Gasteiger partial charge >= 0.3 is 0 Å². The van der Waals surface area contributed by atoms with Gasteiger partial charge in [0, 0.05) is 17.0 Å². The Hall–Kier alpha value is -2.05. The van der Waals surface area contributed by atoms with Crippen molar-refractivity contribution in [3.63, 3.8) is 0 Å². The van der Waals surface area contributed by atoms with E-state index in [9.17, 15) is 9.59 Å². The van der Waals surface area contributed by atoms with Gasteiger partial charge < -0.3 is 15.2 Å². The molecule has 2 amide bonds. The van der Waals surface area contributed by atoms with Gasteiger partial charge in [-0.2, -0.15) is 0 Å². The topological polar surface area (TPSA) is 84.2 Å². The highest BCUT2D eigenvalue weighted by molar-refractivity contribution is 6.35. The van der Waals surface area contributed by atoms with E-state index in [0.29, 0.717) is 27.9 Å². The third-order valence-corrected chi connectivity index (χ3v) is 4.00. The Morgan fingerprint density at radius 1 is 1.21 bits per heavy atom. The number of aryl methyl sites for hydroxylation is 2. The van der Waals surface area contributed by atoms with Crippen LogP contribution in [0.2, 0.25) is 10.0 Å². The fourth-order valence-corrected chi connectivity index (χ4v) is 2.49. The summed E-state index contributed by atoms with van der Waals surface area (Å²) in [6.45, 7) is 3.48. The number of nitrogens with zero attached hydrogens (tertiary/aromatic N) is 1. The number of aromatic nitrogens is 1. The molecule has 1 heterocycles. The third-order valence-electron chi connectivity index (χ3n) is 3.43. The summed E-state index contributed by atoms with van der Waals surface area (Å²) in [5.41, 5.74) is 2.09. The van der Waals surface area contributed by atoms with Crippen LogP contribution >= 0.6 is 23.2 Å². The summed E-state index contributed by atoms with van der Waals surface area (Å²) in [4.78, 5) is 23.7. The van der Waals surface area contributed by atoms with Gasteiger partial charge in [0.05, 0.1) is 22.9 Å². The minimum absolute atomic E-state index is 0.150. The van der Waals surface area contributed by atoms with Crippen molar-refractivity contribution in [2.24, 2.45) is 0 Å². The molecule has 0 bridgehead atoms. The van der Waals surface area contributed by atoms with Crippen LogP contribution < -0.4 is 10.6 Å².